The number of nitrogen functional groups attached to an aromatic ring is 1. The van der Waals surface area contributed by atoms with Crippen LogP contribution in [0, 0.1) is 0 Å². The molecular formula is C12H16ClN3O. The van der Waals surface area contributed by atoms with E-state index in [2.05, 4.69) is 4.98 Å². The molecular weight excluding hydrogens is 238 g/mol. The minimum atomic E-state index is -0.302. The minimum absolute atomic E-state index is 0.302. The van der Waals surface area contributed by atoms with Crippen LogP contribution in [-0.4, -0.2) is 22.3 Å². The fourth-order valence-corrected chi connectivity index (χ4v) is 1.95. The Hall–Kier alpha value is -1.26. The van der Waals surface area contributed by atoms with Gasteiger partial charge in [-0.1, -0.05) is 17.7 Å². The summed E-state index contributed by atoms with van der Waals surface area (Å²) in [6.07, 6.45) is 0. The molecule has 5 heteroatoms. The number of hydrogen-bond donors (Lipinski definition) is 1. The predicted molar refractivity (Wildman–Crippen MR) is 70.2 cm³/mol. The highest BCUT2D eigenvalue weighted by atomic mass is 35.5. The number of hydrogen-bond acceptors (Lipinski definition) is 3. The standard InChI is InChI=1S/C12H16ClN3O/c1-12(2,17-3)7-16-9-6-4-5-8(13)10(9)15-11(16)14/h4-6H,7H2,1-3H3,(H2,14,15). The quantitative estimate of drug-likeness (QED) is 0.915. The van der Waals surface area contributed by atoms with Crippen molar-refractivity contribution in [3.8, 4) is 0 Å². The van der Waals surface area contributed by atoms with Crippen LogP contribution in [0.1, 0.15) is 13.8 Å². The second-order valence-electron chi connectivity index (χ2n) is 4.63. The van der Waals surface area contributed by atoms with E-state index in [1.54, 1.807) is 7.11 Å². The summed E-state index contributed by atoms with van der Waals surface area (Å²) in [7, 11) is 1.68. The number of rotatable bonds is 3. The number of aromatic nitrogens is 2. The Morgan fingerprint density at radius 3 is 2.82 bits per heavy atom. The summed E-state index contributed by atoms with van der Waals surface area (Å²) in [4.78, 5) is 4.28. The Bertz CT molecular complexity index is 548. The first kappa shape index (κ1) is 12.2. The van der Waals surface area contributed by atoms with Gasteiger partial charge < -0.3 is 15.0 Å². The third-order valence-corrected chi connectivity index (χ3v) is 3.16. The molecule has 0 bridgehead atoms. The van der Waals surface area contributed by atoms with Gasteiger partial charge in [0.15, 0.2) is 0 Å². The van der Waals surface area contributed by atoms with Crippen molar-refractivity contribution in [2.75, 3.05) is 12.8 Å². The van der Waals surface area contributed by atoms with Crippen LogP contribution in [-0.2, 0) is 11.3 Å². The third kappa shape index (κ3) is 2.23. The number of nitrogens with zero attached hydrogens (tertiary/aromatic N) is 2. The molecule has 0 aliphatic carbocycles. The first-order valence-corrected chi connectivity index (χ1v) is 5.78. The highest BCUT2D eigenvalue weighted by Gasteiger charge is 2.21. The molecule has 0 amide bonds. The number of para-hydroxylation sites is 1. The first-order valence-electron chi connectivity index (χ1n) is 5.40. The van der Waals surface area contributed by atoms with Gasteiger partial charge in [0.25, 0.3) is 0 Å². The van der Waals surface area contributed by atoms with Gasteiger partial charge in [-0.25, -0.2) is 4.98 Å². The second kappa shape index (κ2) is 4.20. The summed E-state index contributed by atoms with van der Waals surface area (Å²) in [6.45, 7) is 4.64. The Morgan fingerprint density at radius 1 is 1.47 bits per heavy atom. The molecule has 2 N–H and O–H groups in total. The van der Waals surface area contributed by atoms with Gasteiger partial charge in [-0.2, -0.15) is 0 Å². The van der Waals surface area contributed by atoms with E-state index >= 15 is 0 Å². The van der Waals surface area contributed by atoms with Gasteiger partial charge in [-0.05, 0) is 26.0 Å². The van der Waals surface area contributed by atoms with Gasteiger partial charge in [0, 0.05) is 7.11 Å². The van der Waals surface area contributed by atoms with Crippen molar-refractivity contribution in [1.29, 1.82) is 0 Å². The van der Waals surface area contributed by atoms with E-state index in [4.69, 9.17) is 22.1 Å². The van der Waals surface area contributed by atoms with Crippen molar-refractivity contribution in [2.45, 2.75) is 26.0 Å². The number of nitrogens with two attached hydrogens (primary N) is 1. The normalized spacial score (nSPS) is 12.2. The lowest BCUT2D eigenvalue weighted by atomic mass is 10.1. The van der Waals surface area contributed by atoms with Crippen molar-refractivity contribution in [3.63, 3.8) is 0 Å². The number of imidazole rings is 1. The molecule has 92 valence electrons. The lowest BCUT2D eigenvalue weighted by Gasteiger charge is -2.24. The van der Waals surface area contributed by atoms with E-state index in [0.29, 0.717) is 17.5 Å². The Morgan fingerprint density at radius 2 is 2.18 bits per heavy atom. The zero-order chi connectivity index (χ0) is 12.6. The number of anilines is 1. The molecule has 0 saturated carbocycles. The molecule has 0 atom stereocenters. The van der Waals surface area contributed by atoms with E-state index in [-0.39, 0.29) is 5.60 Å². The van der Waals surface area contributed by atoms with Gasteiger partial charge >= 0.3 is 0 Å². The highest BCUT2D eigenvalue weighted by Crippen LogP contribution is 2.26. The maximum Gasteiger partial charge on any atom is 0.201 e. The summed E-state index contributed by atoms with van der Waals surface area (Å²) in [5.74, 6) is 0.457. The third-order valence-electron chi connectivity index (χ3n) is 2.85. The molecule has 0 aliphatic rings. The van der Waals surface area contributed by atoms with Crippen LogP contribution in [0.15, 0.2) is 18.2 Å². The maximum absolute atomic E-state index is 6.08. The summed E-state index contributed by atoms with van der Waals surface area (Å²) < 4.78 is 7.33. The molecule has 4 nitrogen and oxygen atoms in total. The van der Waals surface area contributed by atoms with Gasteiger partial charge in [0.05, 0.1) is 22.7 Å². The van der Waals surface area contributed by atoms with Crippen molar-refractivity contribution in [1.82, 2.24) is 9.55 Å². The fourth-order valence-electron chi connectivity index (χ4n) is 1.74. The molecule has 17 heavy (non-hydrogen) atoms. The van der Waals surface area contributed by atoms with Crippen LogP contribution >= 0.6 is 11.6 Å². The number of fused-ring (bicyclic) bond motifs is 1. The van der Waals surface area contributed by atoms with Gasteiger partial charge in [0.1, 0.15) is 5.52 Å². The summed E-state index contributed by atoms with van der Waals surface area (Å²) in [5, 5.41) is 0.614. The minimum Gasteiger partial charge on any atom is -0.377 e. The van der Waals surface area contributed by atoms with E-state index in [1.165, 1.54) is 0 Å². The average Bonchev–Trinajstić information content (AvgIpc) is 2.58. The number of methoxy groups -OCH3 is 1. The number of halogens is 1. The molecule has 1 aromatic carbocycles. The molecule has 0 fully saturated rings. The molecule has 0 spiro atoms. The fraction of sp³-hybridized carbons (Fsp3) is 0.417. The molecule has 0 aliphatic heterocycles. The molecule has 2 rings (SSSR count). The predicted octanol–water partition coefficient (Wildman–Crippen LogP) is 2.70. The Kier molecular flexibility index (Phi) is 3.02. The van der Waals surface area contributed by atoms with Crippen LogP contribution in [0.25, 0.3) is 11.0 Å². The number of ether oxygens (including phenoxy) is 1. The first-order chi connectivity index (χ1) is 7.94. The van der Waals surface area contributed by atoms with Crippen molar-refractivity contribution in [3.05, 3.63) is 23.2 Å². The van der Waals surface area contributed by atoms with E-state index < -0.39 is 0 Å². The highest BCUT2D eigenvalue weighted by molar-refractivity contribution is 6.35. The molecule has 1 heterocycles. The van der Waals surface area contributed by atoms with E-state index in [9.17, 15) is 0 Å². The van der Waals surface area contributed by atoms with Crippen molar-refractivity contribution < 1.29 is 4.74 Å². The van der Waals surface area contributed by atoms with Crippen LogP contribution < -0.4 is 5.73 Å². The summed E-state index contributed by atoms with van der Waals surface area (Å²) >= 11 is 6.08. The van der Waals surface area contributed by atoms with Crippen LogP contribution in [0.2, 0.25) is 5.02 Å². The van der Waals surface area contributed by atoms with E-state index in [1.807, 2.05) is 36.6 Å². The topological polar surface area (TPSA) is 53.1 Å². The zero-order valence-electron chi connectivity index (χ0n) is 10.2. The molecule has 0 saturated heterocycles. The average molecular weight is 254 g/mol. The van der Waals surface area contributed by atoms with Crippen LogP contribution in [0.5, 0.6) is 0 Å². The smallest absolute Gasteiger partial charge is 0.201 e. The second-order valence-corrected chi connectivity index (χ2v) is 5.03. The Balaban J connectivity index is 2.54. The van der Waals surface area contributed by atoms with Crippen LogP contribution in [0.3, 0.4) is 0 Å². The lowest BCUT2D eigenvalue weighted by molar-refractivity contribution is 0.00947. The van der Waals surface area contributed by atoms with Gasteiger partial charge in [-0.15, -0.1) is 0 Å². The van der Waals surface area contributed by atoms with E-state index in [0.717, 1.165) is 11.0 Å². The maximum atomic E-state index is 6.08. The van der Waals surface area contributed by atoms with Crippen molar-refractivity contribution in [2.24, 2.45) is 0 Å². The van der Waals surface area contributed by atoms with Gasteiger partial charge in [-0.3, -0.25) is 0 Å². The molecule has 2 aromatic rings. The monoisotopic (exact) mass is 253 g/mol. The SMILES string of the molecule is COC(C)(C)Cn1c(N)nc2c(Cl)cccc21. The summed E-state index contributed by atoms with van der Waals surface area (Å²) in [5.41, 5.74) is 7.29. The van der Waals surface area contributed by atoms with Crippen LogP contribution in [0.4, 0.5) is 5.95 Å². The Labute approximate surface area is 105 Å². The molecule has 1 aromatic heterocycles. The molecule has 0 radical (unpaired) electrons. The van der Waals surface area contributed by atoms with Gasteiger partial charge in [0.2, 0.25) is 5.95 Å². The molecule has 0 unspecified atom stereocenters. The zero-order valence-corrected chi connectivity index (χ0v) is 11.0. The largest absolute Gasteiger partial charge is 0.377 e. The summed E-state index contributed by atoms with van der Waals surface area (Å²) in [6, 6.07) is 5.65. The number of benzene rings is 1. The van der Waals surface area contributed by atoms with Crippen molar-refractivity contribution >= 4 is 28.6 Å². The lowest BCUT2D eigenvalue weighted by Crippen LogP contribution is -2.29.